The smallest absolute Gasteiger partial charge is 0.146 e. The highest BCUT2D eigenvalue weighted by atomic mass is 32.1. The van der Waals surface area contributed by atoms with Crippen LogP contribution < -0.4 is 0 Å². The molecule has 0 aromatic carbocycles. The van der Waals surface area contributed by atoms with Crippen molar-refractivity contribution in [3.63, 3.8) is 0 Å². The van der Waals surface area contributed by atoms with Crippen LogP contribution >= 0.6 is 11.3 Å². The first kappa shape index (κ1) is 13.7. The van der Waals surface area contributed by atoms with E-state index in [4.69, 9.17) is 0 Å². The molecular weight excluding hydrogens is 272 g/mol. The van der Waals surface area contributed by atoms with Crippen molar-refractivity contribution < 1.29 is 5.11 Å². The van der Waals surface area contributed by atoms with E-state index >= 15 is 0 Å². The van der Waals surface area contributed by atoms with E-state index in [1.165, 1.54) is 6.42 Å². The molecule has 108 valence electrons. The van der Waals surface area contributed by atoms with Gasteiger partial charge in [0, 0.05) is 18.0 Å². The van der Waals surface area contributed by atoms with E-state index < -0.39 is 0 Å². The molecule has 5 nitrogen and oxygen atoms in total. The molecule has 6 heteroatoms. The first-order valence-electron chi connectivity index (χ1n) is 7.02. The van der Waals surface area contributed by atoms with Gasteiger partial charge >= 0.3 is 0 Å². The molecular formula is C14H20N4OS. The summed E-state index contributed by atoms with van der Waals surface area (Å²) in [6.45, 7) is 1.90. The van der Waals surface area contributed by atoms with Crippen LogP contribution in [0.4, 0.5) is 0 Å². The highest BCUT2D eigenvalue weighted by Crippen LogP contribution is 2.30. The number of aromatic nitrogens is 3. The molecule has 3 rings (SSSR count). The quantitative estimate of drug-likeness (QED) is 0.915. The van der Waals surface area contributed by atoms with Crippen LogP contribution in [0.5, 0.6) is 0 Å². The Morgan fingerprint density at radius 3 is 3.15 bits per heavy atom. The third-order valence-electron chi connectivity index (χ3n) is 4.02. The summed E-state index contributed by atoms with van der Waals surface area (Å²) in [5.41, 5.74) is 0. The fourth-order valence-corrected chi connectivity index (χ4v) is 3.58. The van der Waals surface area contributed by atoms with E-state index in [9.17, 15) is 5.11 Å². The minimum absolute atomic E-state index is 0.347. The Morgan fingerprint density at radius 1 is 1.55 bits per heavy atom. The van der Waals surface area contributed by atoms with Crippen LogP contribution in [0, 0.1) is 0 Å². The number of aliphatic hydroxyl groups excluding tert-OH is 1. The third-order valence-corrected chi connectivity index (χ3v) is 4.99. The molecule has 2 atom stereocenters. The lowest BCUT2D eigenvalue weighted by Gasteiger charge is -2.25. The van der Waals surface area contributed by atoms with Gasteiger partial charge in [0.2, 0.25) is 0 Å². The van der Waals surface area contributed by atoms with Gasteiger partial charge in [-0.05, 0) is 37.3 Å². The van der Waals surface area contributed by atoms with Gasteiger partial charge in [0.05, 0.1) is 12.6 Å². The minimum atomic E-state index is -0.347. The first-order valence-corrected chi connectivity index (χ1v) is 7.90. The second-order valence-corrected chi connectivity index (χ2v) is 6.37. The Bertz CT molecular complexity index is 539. The number of aliphatic hydroxyl groups is 1. The van der Waals surface area contributed by atoms with E-state index in [1.54, 1.807) is 17.7 Å². The number of aryl methyl sites for hydroxylation is 1. The van der Waals surface area contributed by atoms with Gasteiger partial charge in [-0.3, -0.25) is 4.90 Å². The Kier molecular flexibility index (Phi) is 4.14. The van der Waals surface area contributed by atoms with Gasteiger partial charge in [0.1, 0.15) is 12.2 Å². The highest BCUT2D eigenvalue weighted by molar-refractivity contribution is 7.10. The molecule has 0 amide bonds. The normalized spacial score (nSPS) is 21.4. The Labute approximate surface area is 122 Å². The average molecular weight is 292 g/mol. The molecule has 0 bridgehead atoms. The monoisotopic (exact) mass is 292 g/mol. The number of likely N-dealkylation sites (tertiary alicyclic amines) is 1. The summed E-state index contributed by atoms with van der Waals surface area (Å²) in [5, 5.41) is 20.4. The van der Waals surface area contributed by atoms with Gasteiger partial charge in [-0.15, -0.1) is 21.5 Å². The largest absolute Gasteiger partial charge is 0.388 e. The lowest BCUT2D eigenvalue weighted by molar-refractivity contribution is 0.119. The fourth-order valence-electron chi connectivity index (χ4n) is 2.86. The summed E-state index contributed by atoms with van der Waals surface area (Å²) in [7, 11) is 1.97. The van der Waals surface area contributed by atoms with Gasteiger partial charge in [-0.2, -0.15) is 0 Å². The predicted octanol–water partition coefficient (Wildman–Crippen LogP) is 1.96. The van der Waals surface area contributed by atoms with Crippen molar-refractivity contribution in [2.45, 2.75) is 38.0 Å². The molecule has 2 aromatic heterocycles. The summed E-state index contributed by atoms with van der Waals surface area (Å²) in [5.74, 6) is 0.988. The second-order valence-electron chi connectivity index (χ2n) is 5.39. The first-order chi connectivity index (χ1) is 9.74. The van der Waals surface area contributed by atoms with Gasteiger partial charge in [-0.1, -0.05) is 6.07 Å². The maximum atomic E-state index is 10.3. The van der Waals surface area contributed by atoms with Crippen molar-refractivity contribution in [1.29, 1.82) is 0 Å². The number of hydrogen-bond donors (Lipinski definition) is 1. The van der Waals surface area contributed by atoms with Crippen LogP contribution in [-0.2, 0) is 13.6 Å². The summed E-state index contributed by atoms with van der Waals surface area (Å²) in [4.78, 5) is 3.48. The van der Waals surface area contributed by atoms with Crippen LogP contribution in [0.15, 0.2) is 23.8 Å². The molecule has 0 saturated carbocycles. The number of hydrogen-bond acceptors (Lipinski definition) is 5. The van der Waals surface area contributed by atoms with Crippen LogP contribution in [-0.4, -0.2) is 37.4 Å². The number of thiophene rings is 1. The van der Waals surface area contributed by atoms with E-state index in [0.29, 0.717) is 6.04 Å². The molecule has 0 aliphatic carbocycles. The molecule has 1 aliphatic heterocycles. The van der Waals surface area contributed by atoms with Crippen molar-refractivity contribution in [1.82, 2.24) is 19.7 Å². The second kappa shape index (κ2) is 6.03. The molecule has 1 N–H and O–H groups in total. The molecule has 20 heavy (non-hydrogen) atoms. The van der Waals surface area contributed by atoms with Gasteiger partial charge in [0.15, 0.2) is 0 Å². The summed E-state index contributed by atoms with van der Waals surface area (Å²) >= 11 is 1.63. The summed E-state index contributed by atoms with van der Waals surface area (Å²) in [6.07, 6.45) is 4.54. The highest BCUT2D eigenvalue weighted by Gasteiger charge is 2.28. The lowest BCUT2D eigenvalue weighted by atomic mass is 10.1. The standard InChI is InChI=1S/C14H20N4OS/c1-17-10-15-16-14(17)9-18-6-2-4-11(18)8-12(19)13-5-3-7-20-13/h3,5,7,10-12,19H,2,4,6,8-9H2,1H3. The zero-order chi connectivity index (χ0) is 13.9. The van der Waals surface area contributed by atoms with Crippen LogP contribution in [0.3, 0.4) is 0 Å². The van der Waals surface area contributed by atoms with Gasteiger partial charge < -0.3 is 9.67 Å². The maximum absolute atomic E-state index is 10.3. The molecule has 1 saturated heterocycles. The maximum Gasteiger partial charge on any atom is 0.146 e. The molecule has 3 heterocycles. The SMILES string of the molecule is Cn1cnnc1CN1CCCC1CC(O)c1cccs1. The molecule has 1 fully saturated rings. The predicted molar refractivity (Wildman–Crippen MR) is 78.3 cm³/mol. The van der Waals surface area contributed by atoms with Crippen LogP contribution in [0.1, 0.15) is 36.1 Å². The Hall–Kier alpha value is -1.24. The van der Waals surface area contributed by atoms with Gasteiger partial charge in [-0.25, -0.2) is 0 Å². The Morgan fingerprint density at radius 2 is 2.45 bits per heavy atom. The zero-order valence-corrected chi connectivity index (χ0v) is 12.5. The molecule has 1 aliphatic rings. The fraction of sp³-hybridized carbons (Fsp3) is 0.571. The molecule has 2 aromatic rings. The van der Waals surface area contributed by atoms with Crippen LogP contribution in [0.2, 0.25) is 0 Å². The molecule has 2 unspecified atom stereocenters. The lowest BCUT2D eigenvalue weighted by Crippen LogP contribution is -2.31. The summed E-state index contributed by atoms with van der Waals surface area (Å²) < 4.78 is 1.96. The van der Waals surface area contributed by atoms with E-state index in [-0.39, 0.29) is 6.10 Å². The topological polar surface area (TPSA) is 54.2 Å². The third kappa shape index (κ3) is 2.92. The van der Waals surface area contributed by atoms with E-state index in [0.717, 1.165) is 36.6 Å². The minimum Gasteiger partial charge on any atom is -0.388 e. The van der Waals surface area contributed by atoms with E-state index in [1.807, 2.05) is 29.1 Å². The van der Waals surface area contributed by atoms with Crippen molar-refractivity contribution >= 4 is 11.3 Å². The Balaban J connectivity index is 1.62. The van der Waals surface area contributed by atoms with Gasteiger partial charge in [0.25, 0.3) is 0 Å². The number of nitrogens with zero attached hydrogens (tertiary/aromatic N) is 4. The van der Waals surface area contributed by atoms with Crippen LogP contribution in [0.25, 0.3) is 0 Å². The van der Waals surface area contributed by atoms with Crippen molar-refractivity contribution in [2.75, 3.05) is 6.54 Å². The van der Waals surface area contributed by atoms with Crippen molar-refractivity contribution in [3.8, 4) is 0 Å². The molecule has 0 spiro atoms. The van der Waals surface area contributed by atoms with E-state index in [2.05, 4.69) is 15.1 Å². The average Bonchev–Trinajstić information content (AvgIpc) is 3.14. The summed E-state index contributed by atoms with van der Waals surface area (Å²) in [6, 6.07) is 4.44. The van der Waals surface area contributed by atoms with Crippen molar-refractivity contribution in [3.05, 3.63) is 34.5 Å². The number of rotatable bonds is 5. The van der Waals surface area contributed by atoms with Crippen molar-refractivity contribution in [2.24, 2.45) is 7.05 Å². The zero-order valence-electron chi connectivity index (χ0n) is 11.6. The molecule has 0 radical (unpaired) electrons.